The summed E-state index contributed by atoms with van der Waals surface area (Å²) in [6.45, 7) is 0.118. The van der Waals surface area contributed by atoms with Crippen molar-refractivity contribution in [3.63, 3.8) is 0 Å². The minimum atomic E-state index is -4.61. The molecule has 0 spiro atoms. The van der Waals surface area contributed by atoms with Gasteiger partial charge in [0.1, 0.15) is 17.6 Å². The largest absolute Gasteiger partial charge is 0.433 e. The van der Waals surface area contributed by atoms with Gasteiger partial charge in [-0.15, -0.1) is 0 Å². The van der Waals surface area contributed by atoms with Crippen LogP contribution in [0.3, 0.4) is 0 Å². The number of carbonyl (C=O) groups excluding carboxylic acids is 3. The van der Waals surface area contributed by atoms with Gasteiger partial charge in [0, 0.05) is 29.8 Å². The SMILES string of the molecule is O=C1CCC(N2Cc3cc(-c4ncc(C(F)(F)F)n4-c4ccccc4)ccc3C2=O)C(=O)N1. The third-order valence-corrected chi connectivity index (χ3v) is 5.85. The maximum Gasteiger partial charge on any atom is 0.433 e. The van der Waals surface area contributed by atoms with Gasteiger partial charge >= 0.3 is 6.18 Å². The number of hydrogen-bond donors (Lipinski definition) is 1. The number of imide groups is 1. The molecule has 2 aliphatic heterocycles. The molecule has 1 atom stereocenters. The van der Waals surface area contributed by atoms with Gasteiger partial charge in [0.05, 0.1) is 6.20 Å². The molecule has 2 aromatic carbocycles. The average Bonchev–Trinajstić information content (AvgIpc) is 3.36. The van der Waals surface area contributed by atoms with Gasteiger partial charge in [-0.05, 0) is 36.2 Å². The average molecular weight is 454 g/mol. The summed E-state index contributed by atoms with van der Waals surface area (Å²) in [5.74, 6) is -1.17. The summed E-state index contributed by atoms with van der Waals surface area (Å²) in [5, 5.41) is 2.24. The number of imidazole rings is 1. The van der Waals surface area contributed by atoms with E-state index in [2.05, 4.69) is 10.3 Å². The number of rotatable bonds is 3. The molecule has 3 aromatic rings. The Bertz CT molecular complexity index is 1280. The molecule has 0 aliphatic carbocycles. The van der Waals surface area contributed by atoms with Crippen molar-refractivity contribution in [3.8, 4) is 17.1 Å². The van der Waals surface area contributed by atoms with Crippen LogP contribution in [-0.4, -0.2) is 38.2 Å². The first-order valence-corrected chi connectivity index (χ1v) is 10.2. The van der Waals surface area contributed by atoms with Crippen molar-refractivity contribution in [2.45, 2.75) is 31.6 Å². The van der Waals surface area contributed by atoms with Crippen LogP contribution in [0.2, 0.25) is 0 Å². The zero-order valence-corrected chi connectivity index (χ0v) is 17.1. The van der Waals surface area contributed by atoms with Crippen molar-refractivity contribution >= 4 is 17.7 Å². The molecule has 1 aromatic heterocycles. The predicted octanol–water partition coefficient (Wildman–Crippen LogP) is 3.32. The number of fused-ring (bicyclic) bond motifs is 1. The van der Waals surface area contributed by atoms with Crippen LogP contribution in [-0.2, 0) is 22.3 Å². The summed E-state index contributed by atoms with van der Waals surface area (Å²) in [6.07, 6.45) is -3.46. The number of amides is 3. The molecule has 3 amide bonds. The Morgan fingerprint density at radius 1 is 1.03 bits per heavy atom. The van der Waals surface area contributed by atoms with E-state index < -0.39 is 23.8 Å². The van der Waals surface area contributed by atoms with Gasteiger partial charge in [0.2, 0.25) is 11.8 Å². The lowest BCUT2D eigenvalue weighted by molar-refractivity contribution is -0.142. The smallest absolute Gasteiger partial charge is 0.322 e. The number of aromatic nitrogens is 2. The molecule has 0 radical (unpaired) electrons. The number of halogens is 3. The number of para-hydroxylation sites is 1. The molecule has 1 N–H and O–H groups in total. The van der Waals surface area contributed by atoms with E-state index in [4.69, 9.17) is 0 Å². The maximum atomic E-state index is 13.7. The molecular weight excluding hydrogens is 437 g/mol. The normalized spacial score (nSPS) is 18.5. The molecule has 0 saturated carbocycles. The monoisotopic (exact) mass is 454 g/mol. The standard InChI is InChI=1S/C23H17F3N4O3/c24-23(25,26)18-11-27-20(30(18)15-4-2-1-3-5-15)13-6-7-16-14(10-13)12-29(22(16)33)17-8-9-19(31)28-21(17)32/h1-7,10-11,17H,8-9,12H2,(H,28,31,32). The van der Waals surface area contributed by atoms with Crippen molar-refractivity contribution in [2.24, 2.45) is 0 Å². The molecule has 3 heterocycles. The Labute approximate surface area is 185 Å². The van der Waals surface area contributed by atoms with E-state index >= 15 is 0 Å². The van der Waals surface area contributed by atoms with Gasteiger partial charge in [-0.25, -0.2) is 4.98 Å². The Kier molecular flexibility index (Phi) is 4.80. The second-order valence-corrected chi connectivity index (χ2v) is 7.91. The topological polar surface area (TPSA) is 84.3 Å². The number of nitrogens with one attached hydrogen (secondary N) is 1. The number of nitrogens with zero attached hydrogens (tertiary/aromatic N) is 3. The van der Waals surface area contributed by atoms with E-state index in [0.29, 0.717) is 22.4 Å². The maximum absolute atomic E-state index is 13.7. The van der Waals surface area contributed by atoms with Crippen LogP contribution in [0.4, 0.5) is 13.2 Å². The highest BCUT2D eigenvalue weighted by Gasteiger charge is 2.40. The van der Waals surface area contributed by atoms with E-state index in [-0.39, 0.29) is 37.0 Å². The molecule has 1 unspecified atom stereocenters. The van der Waals surface area contributed by atoms with Crippen molar-refractivity contribution in [1.82, 2.24) is 19.8 Å². The van der Waals surface area contributed by atoms with Crippen LogP contribution in [0.15, 0.2) is 54.7 Å². The Balaban J connectivity index is 1.54. The van der Waals surface area contributed by atoms with E-state index in [1.807, 2.05) is 0 Å². The van der Waals surface area contributed by atoms with Crippen molar-refractivity contribution < 1.29 is 27.6 Å². The highest BCUT2D eigenvalue weighted by atomic mass is 19.4. The minimum absolute atomic E-state index is 0.0863. The highest BCUT2D eigenvalue weighted by molar-refractivity contribution is 6.05. The fraction of sp³-hybridized carbons (Fsp3) is 0.217. The van der Waals surface area contributed by atoms with Gasteiger partial charge in [-0.3, -0.25) is 24.3 Å². The Morgan fingerprint density at radius 3 is 2.48 bits per heavy atom. The van der Waals surface area contributed by atoms with Crippen LogP contribution in [0.1, 0.15) is 34.5 Å². The molecular formula is C23H17F3N4O3. The second-order valence-electron chi connectivity index (χ2n) is 7.91. The molecule has 0 bridgehead atoms. The fourth-order valence-corrected chi connectivity index (χ4v) is 4.31. The summed E-state index contributed by atoms with van der Waals surface area (Å²) in [4.78, 5) is 42.0. The van der Waals surface area contributed by atoms with Crippen molar-refractivity contribution in [1.29, 1.82) is 0 Å². The first-order valence-electron chi connectivity index (χ1n) is 10.2. The van der Waals surface area contributed by atoms with Crippen LogP contribution in [0.5, 0.6) is 0 Å². The Hall–Kier alpha value is -3.95. The lowest BCUT2D eigenvalue weighted by Crippen LogP contribution is -2.52. The Morgan fingerprint density at radius 2 is 1.79 bits per heavy atom. The van der Waals surface area contributed by atoms with Gasteiger partial charge in [-0.2, -0.15) is 13.2 Å². The van der Waals surface area contributed by atoms with Gasteiger partial charge in [-0.1, -0.05) is 24.3 Å². The highest BCUT2D eigenvalue weighted by Crippen LogP contribution is 2.36. The van der Waals surface area contributed by atoms with E-state index in [1.165, 1.54) is 11.0 Å². The number of carbonyl (C=O) groups is 3. The van der Waals surface area contributed by atoms with Crippen LogP contribution in [0.25, 0.3) is 17.1 Å². The van der Waals surface area contributed by atoms with Crippen LogP contribution in [0, 0.1) is 0 Å². The zero-order chi connectivity index (χ0) is 23.3. The third kappa shape index (κ3) is 3.57. The predicted molar refractivity (Wildman–Crippen MR) is 110 cm³/mol. The van der Waals surface area contributed by atoms with Crippen LogP contribution >= 0.6 is 0 Å². The summed E-state index contributed by atoms with van der Waals surface area (Å²) in [6, 6.07) is 12.0. The number of piperidine rings is 1. The third-order valence-electron chi connectivity index (χ3n) is 5.85. The lowest BCUT2D eigenvalue weighted by Gasteiger charge is -2.29. The molecule has 5 rings (SSSR count). The number of hydrogen-bond acceptors (Lipinski definition) is 4. The second kappa shape index (κ2) is 7.58. The van der Waals surface area contributed by atoms with Crippen molar-refractivity contribution in [3.05, 3.63) is 71.5 Å². The molecule has 1 saturated heterocycles. The lowest BCUT2D eigenvalue weighted by atomic mass is 10.0. The summed E-state index contributed by atoms with van der Waals surface area (Å²) >= 11 is 0. The molecule has 10 heteroatoms. The molecule has 168 valence electrons. The van der Waals surface area contributed by atoms with Gasteiger partial charge in [0.15, 0.2) is 0 Å². The van der Waals surface area contributed by atoms with E-state index in [0.717, 1.165) is 10.8 Å². The summed E-state index contributed by atoms with van der Waals surface area (Å²) in [7, 11) is 0. The molecule has 7 nitrogen and oxygen atoms in total. The summed E-state index contributed by atoms with van der Waals surface area (Å²) < 4.78 is 42.1. The van der Waals surface area contributed by atoms with E-state index in [1.54, 1.807) is 42.5 Å². The van der Waals surface area contributed by atoms with Crippen LogP contribution < -0.4 is 5.32 Å². The van der Waals surface area contributed by atoms with E-state index in [9.17, 15) is 27.6 Å². The zero-order valence-electron chi connectivity index (χ0n) is 17.1. The molecule has 1 fully saturated rings. The number of benzene rings is 2. The van der Waals surface area contributed by atoms with Gasteiger partial charge < -0.3 is 4.90 Å². The number of alkyl halides is 3. The first-order chi connectivity index (χ1) is 15.7. The fourth-order valence-electron chi connectivity index (χ4n) is 4.31. The van der Waals surface area contributed by atoms with Crippen molar-refractivity contribution in [2.75, 3.05) is 0 Å². The molecule has 33 heavy (non-hydrogen) atoms. The first kappa shape index (κ1) is 20.9. The summed E-state index contributed by atoms with van der Waals surface area (Å²) in [5.41, 5.74) is 0.756. The molecule has 2 aliphatic rings. The minimum Gasteiger partial charge on any atom is -0.322 e. The quantitative estimate of drug-likeness (QED) is 0.616. The van der Waals surface area contributed by atoms with Gasteiger partial charge in [0.25, 0.3) is 5.91 Å².